The van der Waals surface area contributed by atoms with Gasteiger partial charge in [-0.3, -0.25) is 0 Å². The van der Waals surface area contributed by atoms with Crippen LogP contribution in [-0.4, -0.2) is 13.7 Å². The standard InChI is InChI=1S/C18H28N2O/c1-3-4-5-6-7-8-9-10-13-20-17-12-11-16(15-19)14-18(17)21-2/h11-12,14,20H,3-10,13H2,1-2H3. The third kappa shape index (κ3) is 7.04. The lowest BCUT2D eigenvalue weighted by Crippen LogP contribution is -2.03. The van der Waals surface area contributed by atoms with E-state index in [1.54, 1.807) is 13.2 Å². The molecular weight excluding hydrogens is 260 g/mol. The van der Waals surface area contributed by atoms with E-state index in [-0.39, 0.29) is 0 Å². The summed E-state index contributed by atoms with van der Waals surface area (Å²) in [5.74, 6) is 0.744. The number of nitrogens with zero attached hydrogens (tertiary/aromatic N) is 1. The van der Waals surface area contributed by atoms with Crippen LogP contribution in [0.15, 0.2) is 18.2 Å². The lowest BCUT2D eigenvalue weighted by Gasteiger charge is -2.11. The van der Waals surface area contributed by atoms with Gasteiger partial charge in [0.05, 0.1) is 24.4 Å². The van der Waals surface area contributed by atoms with Gasteiger partial charge in [0.25, 0.3) is 0 Å². The Labute approximate surface area is 129 Å². The fourth-order valence-corrected chi connectivity index (χ4v) is 2.39. The Morgan fingerprint density at radius 2 is 1.71 bits per heavy atom. The van der Waals surface area contributed by atoms with Gasteiger partial charge in [0.1, 0.15) is 5.75 Å². The van der Waals surface area contributed by atoms with Crippen molar-refractivity contribution in [2.75, 3.05) is 19.0 Å². The van der Waals surface area contributed by atoms with Gasteiger partial charge in [-0.2, -0.15) is 5.26 Å². The highest BCUT2D eigenvalue weighted by atomic mass is 16.5. The largest absolute Gasteiger partial charge is 0.495 e. The molecule has 0 saturated carbocycles. The Kier molecular flexibility index (Phi) is 9.11. The second-order valence-corrected chi connectivity index (χ2v) is 5.43. The number of ether oxygens (including phenoxy) is 1. The van der Waals surface area contributed by atoms with Crippen LogP contribution in [0.5, 0.6) is 5.75 Å². The predicted molar refractivity (Wildman–Crippen MR) is 88.8 cm³/mol. The molecule has 0 saturated heterocycles. The van der Waals surface area contributed by atoms with Crippen molar-refractivity contribution in [1.82, 2.24) is 0 Å². The third-order valence-corrected chi connectivity index (χ3v) is 3.68. The molecule has 0 radical (unpaired) electrons. The van der Waals surface area contributed by atoms with Gasteiger partial charge in [0.2, 0.25) is 0 Å². The number of nitriles is 1. The van der Waals surface area contributed by atoms with Crippen LogP contribution in [0.25, 0.3) is 0 Å². The molecule has 0 atom stereocenters. The minimum absolute atomic E-state index is 0.629. The number of anilines is 1. The van der Waals surface area contributed by atoms with E-state index in [1.807, 2.05) is 12.1 Å². The van der Waals surface area contributed by atoms with E-state index in [1.165, 1.54) is 51.4 Å². The predicted octanol–water partition coefficient (Wildman–Crippen LogP) is 5.12. The highest BCUT2D eigenvalue weighted by Gasteiger charge is 2.03. The first kappa shape index (κ1) is 17.4. The molecule has 116 valence electrons. The number of benzene rings is 1. The molecule has 21 heavy (non-hydrogen) atoms. The van der Waals surface area contributed by atoms with Crippen molar-refractivity contribution in [2.45, 2.75) is 58.3 Å². The van der Waals surface area contributed by atoms with E-state index in [2.05, 4.69) is 18.3 Å². The Morgan fingerprint density at radius 3 is 2.33 bits per heavy atom. The molecule has 1 N–H and O–H groups in total. The van der Waals surface area contributed by atoms with Gasteiger partial charge in [-0.1, -0.05) is 51.9 Å². The van der Waals surface area contributed by atoms with Crippen LogP contribution in [0.2, 0.25) is 0 Å². The van der Waals surface area contributed by atoms with Gasteiger partial charge in [0.15, 0.2) is 0 Å². The molecule has 0 amide bonds. The molecule has 3 nitrogen and oxygen atoms in total. The Bertz CT molecular complexity index is 437. The average molecular weight is 288 g/mol. The topological polar surface area (TPSA) is 45.0 Å². The number of hydrogen-bond acceptors (Lipinski definition) is 3. The summed E-state index contributed by atoms with van der Waals surface area (Å²) in [4.78, 5) is 0. The number of methoxy groups -OCH3 is 1. The summed E-state index contributed by atoms with van der Waals surface area (Å²) < 4.78 is 5.31. The molecule has 0 aliphatic heterocycles. The smallest absolute Gasteiger partial charge is 0.143 e. The van der Waals surface area contributed by atoms with Gasteiger partial charge in [-0.05, 0) is 18.6 Å². The lowest BCUT2D eigenvalue weighted by molar-refractivity contribution is 0.416. The molecule has 3 heteroatoms. The summed E-state index contributed by atoms with van der Waals surface area (Å²) in [6.45, 7) is 3.21. The van der Waals surface area contributed by atoms with Crippen molar-refractivity contribution in [3.8, 4) is 11.8 Å². The van der Waals surface area contributed by atoms with E-state index in [4.69, 9.17) is 10.00 Å². The Morgan fingerprint density at radius 1 is 1.05 bits per heavy atom. The van der Waals surface area contributed by atoms with Crippen LogP contribution in [0.3, 0.4) is 0 Å². The van der Waals surface area contributed by atoms with E-state index < -0.39 is 0 Å². The Balaban J connectivity index is 2.17. The summed E-state index contributed by atoms with van der Waals surface area (Å²) >= 11 is 0. The maximum Gasteiger partial charge on any atom is 0.143 e. The van der Waals surface area contributed by atoms with Crippen molar-refractivity contribution < 1.29 is 4.74 Å². The molecule has 0 spiro atoms. The number of nitrogens with one attached hydrogen (secondary N) is 1. The van der Waals surface area contributed by atoms with Gasteiger partial charge in [-0.15, -0.1) is 0 Å². The highest BCUT2D eigenvalue weighted by Crippen LogP contribution is 2.25. The molecular formula is C18H28N2O. The Hall–Kier alpha value is -1.69. The zero-order valence-electron chi connectivity index (χ0n) is 13.5. The molecule has 0 bridgehead atoms. The third-order valence-electron chi connectivity index (χ3n) is 3.68. The van der Waals surface area contributed by atoms with Crippen molar-refractivity contribution in [2.24, 2.45) is 0 Å². The summed E-state index contributed by atoms with van der Waals surface area (Å²) in [5.41, 5.74) is 1.60. The van der Waals surface area contributed by atoms with Gasteiger partial charge < -0.3 is 10.1 Å². The van der Waals surface area contributed by atoms with E-state index >= 15 is 0 Å². The first-order valence-corrected chi connectivity index (χ1v) is 8.13. The fraction of sp³-hybridized carbons (Fsp3) is 0.611. The molecule has 0 aliphatic carbocycles. The second-order valence-electron chi connectivity index (χ2n) is 5.43. The fourth-order valence-electron chi connectivity index (χ4n) is 2.39. The number of hydrogen-bond donors (Lipinski definition) is 1. The minimum Gasteiger partial charge on any atom is -0.495 e. The summed E-state index contributed by atoms with van der Waals surface area (Å²) in [6, 6.07) is 7.64. The van der Waals surface area contributed by atoms with E-state index in [9.17, 15) is 0 Å². The first-order valence-electron chi connectivity index (χ1n) is 8.13. The van der Waals surface area contributed by atoms with E-state index in [0.717, 1.165) is 18.0 Å². The minimum atomic E-state index is 0.629. The van der Waals surface area contributed by atoms with Crippen LogP contribution >= 0.6 is 0 Å². The van der Waals surface area contributed by atoms with Crippen molar-refractivity contribution in [3.05, 3.63) is 23.8 Å². The lowest BCUT2D eigenvalue weighted by atomic mass is 10.1. The summed E-state index contributed by atoms with van der Waals surface area (Å²) in [6.07, 6.45) is 10.6. The van der Waals surface area contributed by atoms with Crippen LogP contribution in [0.4, 0.5) is 5.69 Å². The van der Waals surface area contributed by atoms with Gasteiger partial charge >= 0.3 is 0 Å². The van der Waals surface area contributed by atoms with Gasteiger partial charge in [-0.25, -0.2) is 0 Å². The van der Waals surface area contributed by atoms with Crippen LogP contribution in [0, 0.1) is 11.3 Å². The summed E-state index contributed by atoms with van der Waals surface area (Å²) in [5, 5.41) is 12.3. The summed E-state index contributed by atoms with van der Waals surface area (Å²) in [7, 11) is 1.64. The van der Waals surface area contributed by atoms with Crippen LogP contribution in [0.1, 0.15) is 63.9 Å². The molecule has 0 fully saturated rings. The highest BCUT2D eigenvalue weighted by molar-refractivity contribution is 5.59. The zero-order chi connectivity index (χ0) is 15.3. The maximum absolute atomic E-state index is 8.87. The second kappa shape index (κ2) is 11.0. The average Bonchev–Trinajstić information content (AvgIpc) is 2.53. The van der Waals surface area contributed by atoms with Crippen LogP contribution < -0.4 is 10.1 Å². The van der Waals surface area contributed by atoms with Crippen molar-refractivity contribution in [3.63, 3.8) is 0 Å². The zero-order valence-corrected chi connectivity index (χ0v) is 13.5. The molecule has 0 aromatic heterocycles. The maximum atomic E-state index is 8.87. The molecule has 0 heterocycles. The van der Waals surface area contributed by atoms with Crippen molar-refractivity contribution >= 4 is 5.69 Å². The van der Waals surface area contributed by atoms with Crippen LogP contribution in [-0.2, 0) is 0 Å². The molecule has 0 aliphatic rings. The monoisotopic (exact) mass is 288 g/mol. The molecule has 1 aromatic rings. The van der Waals surface area contributed by atoms with Gasteiger partial charge in [0, 0.05) is 12.6 Å². The molecule has 0 unspecified atom stereocenters. The first-order chi connectivity index (χ1) is 10.3. The SMILES string of the molecule is CCCCCCCCCCNc1ccc(C#N)cc1OC. The van der Waals surface area contributed by atoms with Crippen molar-refractivity contribution in [1.29, 1.82) is 5.26 Å². The molecule has 1 rings (SSSR count). The number of rotatable bonds is 11. The van der Waals surface area contributed by atoms with E-state index in [0.29, 0.717) is 5.56 Å². The number of unbranched alkanes of at least 4 members (excludes halogenated alkanes) is 7. The molecule has 1 aromatic carbocycles. The quantitative estimate of drug-likeness (QED) is 0.575. The normalized spacial score (nSPS) is 10.1.